The minimum absolute atomic E-state index is 0.257. The standard InChI is InChI=1S/C16H18BrNO3/c1-10(2)13-14(16(4-5-16)18-9-19)11(17)8-12-15(13)21-7-3-6-20-12/h8,10H,3-7H2,1-2H3. The first-order valence-electron chi connectivity index (χ1n) is 7.30. The number of carbonyl (C=O) groups excluding carboxylic acids is 1. The number of rotatable bonds is 3. The molecule has 112 valence electrons. The molecule has 1 aliphatic carbocycles. The largest absolute Gasteiger partial charge is 0.490 e. The van der Waals surface area contributed by atoms with Gasteiger partial charge in [-0.15, -0.1) is 0 Å². The molecule has 0 atom stereocenters. The van der Waals surface area contributed by atoms with Gasteiger partial charge < -0.3 is 9.47 Å². The highest BCUT2D eigenvalue weighted by Crippen LogP contribution is 2.57. The third-order valence-corrected chi connectivity index (χ3v) is 4.68. The molecule has 1 aromatic rings. The van der Waals surface area contributed by atoms with Gasteiger partial charge in [-0.3, -0.25) is 0 Å². The van der Waals surface area contributed by atoms with Gasteiger partial charge in [-0.2, -0.15) is 4.99 Å². The van der Waals surface area contributed by atoms with Crippen molar-refractivity contribution in [3.63, 3.8) is 0 Å². The number of ether oxygens (including phenoxy) is 2. The van der Waals surface area contributed by atoms with E-state index in [1.807, 2.05) is 6.07 Å². The number of halogens is 1. The van der Waals surface area contributed by atoms with Gasteiger partial charge in [-0.05, 0) is 24.8 Å². The van der Waals surface area contributed by atoms with Crippen molar-refractivity contribution in [3.05, 3.63) is 21.7 Å². The number of nitrogens with zero attached hydrogens (tertiary/aromatic N) is 1. The third-order valence-electron chi connectivity index (χ3n) is 4.05. The van der Waals surface area contributed by atoms with E-state index in [0.29, 0.717) is 13.2 Å². The van der Waals surface area contributed by atoms with Gasteiger partial charge in [0.05, 0.1) is 18.8 Å². The highest BCUT2D eigenvalue weighted by atomic mass is 79.9. The average Bonchev–Trinajstić information content (AvgIpc) is 3.21. The number of hydrogen-bond donors (Lipinski definition) is 0. The molecule has 0 unspecified atom stereocenters. The van der Waals surface area contributed by atoms with Crippen LogP contribution in [-0.2, 0) is 10.3 Å². The van der Waals surface area contributed by atoms with E-state index in [1.54, 1.807) is 6.08 Å². The smallest absolute Gasteiger partial charge is 0.235 e. The molecule has 4 nitrogen and oxygen atoms in total. The Morgan fingerprint density at radius 3 is 2.67 bits per heavy atom. The number of fused-ring (bicyclic) bond motifs is 1. The molecular formula is C16H18BrNO3. The second kappa shape index (κ2) is 5.47. The summed E-state index contributed by atoms with van der Waals surface area (Å²) >= 11 is 3.64. The predicted molar refractivity (Wildman–Crippen MR) is 82.9 cm³/mol. The van der Waals surface area contributed by atoms with Gasteiger partial charge >= 0.3 is 0 Å². The summed E-state index contributed by atoms with van der Waals surface area (Å²) in [6.07, 6.45) is 4.36. The van der Waals surface area contributed by atoms with Crippen molar-refractivity contribution in [2.24, 2.45) is 4.99 Å². The van der Waals surface area contributed by atoms with E-state index < -0.39 is 5.54 Å². The Balaban J connectivity index is 2.24. The topological polar surface area (TPSA) is 47.9 Å². The Morgan fingerprint density at radius 2 is 2.05 bits per heavy atom. The van der Waals surface area contributed by atoms with Crippen LogP contribution >= 0.6 is 15.9 Å². The highest BCUT2D eigenvalue weighted by Gasteiger charge is 2.49. The van der Waals surface area contributed by atoms with Gasteiger partial charge in [0.2, 0.25) is 6.08 Å². The molecule has 0 N–H and O–H groups in total. The van der Waals surface area contributed by atoms with Gasteiger partial charge in [-0.25, -0.2) is 4.79 Å². The van der Waals surface area contributed by atoms with Gasteiger partial charge in [0, 0.05) is 22.0 Å². The molecule has 0 bridgehead atoms. The maximum Gasteiger partial charge on any atom is 0.235 e. The average molecular weight is 352 g/mol. The van der Waals surface area contributed by atoms with E-state index in [4.69, 9.17) is 9.47 Å². The molecule has 3 rings (SSSR count). The van der Waals surface area contributed by atoms with Crippen molar-refractivity contribution in [2.45, 2.75) is 44.6 Å². The summed E-state index contributed by atoms with van der Waals surface area (Å²) in [6, 6.07) is 1.95. The molecule has 1 aromatic carbocycles. The van der Waals surface area contributed by atoms with Crippen LogP contribution in [-0.4, -0.2) is 19.3 Å². The molecule has 2 aliphatic rings. The lowest BCUT2D eigenvalue weighted by Crippen LogP contribution is -2.12. The Hall–Kier alpha value is -1.32. The number of aliphatic imine (C=N–C) groups is 1. The molecule has 1 heterocycles. The fourth-order valence-electron chi connectivity index (χ4n) is 2.95. The highest BCUT2D eigenvalue weighted by molar-refractivity contribution is 9.10. The Morgan fingerprint density at radius 1 is 1.33 bits per heavy atom. The Labute approximate surface area is 132 Å². The zero-order valence-corrected chi connectivity index (χ0v) is 13.8. The maximum atomic E-state index is 10.8. The summed E-state index contributed by atoms with van der Waals surface area (Å²) in [6.45, 7) is 5.56. The van der Waals surface area contributed by atoms with Crippen LogP contribution in [0.15, 0.2) is 15.5 Å². The summed E-state index contributed by atoms with van der Waals surface area (Å²) in [4.78, 5) is 14.9. The van der Waals surface area contributed by atoms with Crippen LogP contribution in [0.2, 0.25) is 0 Å². The van der Waals surface area contributed by atoms with Crippen LogP contribution in [0.4, 0.5) is 0 Å². The lowest BCUT2D eigenvalue weighted by atomic mass is 9.90. The summed E-state index contributed by atoms with van der Waals surface area (Å²) in [5.74, 6) is 1.85. The lowest BCUT2D eigenvalue weighted by molar-refractivity contribution is 0.295. The first kappa shape index (κ1) is 14.6. The molecular weight excluding hydrogens is 334 g/mol. The number of isocyanates is 1. The van der Waals surface area contributed by atoms with Crippen molar-refractivity contribution in [1.82, 2.24) is 0 Å². The fourth-order valence-corrected chi connectivity index (χ4v) is 3.74. The molecule has 1 saturated carbocycles. The number of benzene rings is 1. The van der Waals surface area contributed by atoms with Crippen molar-refractivity contribution < 1.29 is 14.3 Å². The zero-order chi connectivity index (χ0) is 15.0. The van der Waals surface area contributed by atoms with Crippen molar-refractivity contribution in [1.29, 1.82) is 0 Å². The summed E-state index contributed by atoms with van der Waals surface area (Å²) in [7, 11) is 0. The third kappa shape index (κ3) is 2.49. The molecule has 1 fully saturated rings. The Kier molecular flexibility index (Phi) is 3.80. The lowest BCUT2D eigenvalue weighted by Gasteiger charge is -2.23. The molecule has 0 radical (unpaired) electrons. The van der Waals surface area contributed by atoms with E-state index >= 15 is 0 Å². The zero-order valence-electron chi connectivity index (χ0n) is 12.2. The van der Waals surface area contributed by atoms with Crippen LogP contribution in [0.25, 0.3) is 0 Å². The van der Waals surface area contributed by atoms with Crippen LogP contribution < -0.4 is 9.47 Å². The van der Waals surface area contributed by atoms with Gasteiger partial charge in [-0.1, -0.05) is 29.8 Å². The molecule has 21 heavy (non-hydrogen) atoms. The minimum Gasteiger partial charge on any atom is -0.490 e. The molecule has 0 amide bonds. The quantitative estimate of drug-likeness (QED) is 0.609. The monoisotopic (exact) mass is 351 g/mol. The van der Waals surface area contributed by atoms with Gasteiger partial charge in [0.15, 0.2) is 11.5 Å². The summed E-state index contributed by atoms with van der Waals surface area (Å²) < 4.78 is 12.7. The first-order chi connectivity index (χ1) is 10.1. The van der Waals surface area contributed by atoms with E-state index in [2.05, 4.69) is 34.8 Å². The summed E-state index contributed by atoms with van der Waals surface area (Å²) in [5, 5.41) is 0. The fraction of sp³-hybridized carbons (Fsp3) is 0.562. The second-order valence-corrected chi connectivity index (χ2v) is 6.77. The van der Waals surface area contributed by atoms with Gasteiger partial charge in [0.1, 0.15) is 0 Å². The van der Waals surface area contributed by atoms with Crippen molar-refractivity contribution >= 4 is 22.0 Å². The minimum atomic E-state index is -0.426. The van der Waals surface area contributed by atoms with E-state index in [0.717, 1.165) is 46.4 Å². The molecule has 0 aromatic heterocycles. The van der Waals surface area contributed by atoms with Crippen molar-refractivity contribution in [2.75, 3.05) is 13.2 Å². The first-order valence-corrected chi connectivity index (χ1v) is 8.10. The van der Waals surface area contributed by atoms with E-state index in [9.17, 15) is 4.79 Å². The van der Waals surface area contributed by atoms with Crippen molar-refractivity contribution in [3.8, 4) is 11.5 Å². The number of hydrogen-bond acceptors (Lipinski definition) is 4. The van der Waals surface area contributed by atoms with Crippen LogP contribution in [0, 0.1) is 0 Å². The summed E-state index contributed by atoms with van der Waals surface area (Å²) in [5.41, 5.74) is 1.73. The Bertz CT molecular complexity index is 616. The molecule has 5 heteroatoms. The molecule has 0 spiro atoms. The van der Waals surface area contributed by atoms with Crippen LogP contribution in [0.1, 0.15) is 50.2 Å². The SMILES string of the molecule is CC(C)c1c2c(cc(Br)c1C1(N=C=O)CC1)OCCCO2. The van der Waals surface area contributed by atoms with Crippen LogP contribution in [0.3, 0.4) is 0 Å². The maximum absolute atomic E-state index is 10.8. The predicted octanol–water partition coefficient (Wildman–Crippen LogP) is 4.06. The second-order valence-electron chi connectivity index (χ2n) is 5.91. The molecule has 0 saturated heterocycles. The van der Waals surface area contributed by atoms with Crippen LogP contribution in [0.5, 0.6) is 11.5 Å². The normalized spacial score (nSPS) is 18.9. The van der Waals surface area contributed by atoms with E-state index in [1.165, 1.54) is 0 Å². The van der Waals surface area contributed by atoms with Gasteiger partial charge in [0.25, 0.3) is 0 Å². The molecule has 1 aliphatic heterocycles. The van der Waals surface area contributed by atoms with E-state index in [-0.39, 0.29) is 5.92 Å².